The SMILES string of the molecule is O=C(Nc1nc(-c2cccnc2)cs1)c1csc(Nc2ccccn2)n1. The van der Waals surface area contributed by atoms with Gasteiger partial charge in [0.15, 0.2) is 10.3 Å². The van der Waals surface area contributed by atoms with Crippen LogP contribution >= 0.6 is 22.7 Å². The average molecular weight is 380 g/mol. The molecular formula is C17H12N6OS2. The van der Waals surface area contributed by atoms with Crippen LogP contribution in [-0.2, 0) is 0 Å². The van der Waals surface area contributed by atoms with Crippen LogP contribution in [0.15, 0.2) is 59.7 Å². The minimum absolute atomic E-state index is 0.303. The highest BCUT2D eigenvalue weighted by molar-refractivity contribution is 7.14. The Balaban J connectivity index is 1.43. The number of aromatic nitrogens is 4. The number of thiazole rings is 2. The summed E-state index contributed by atoms with van der Waals surface area (Å²) in [5.41, 5.74) is 2.00. The van der Waals surface area contributed by atoms with E-state index in [1.165, 1.54) is 22.7 Å². The van der Waals surface area contributed by atoms with Crippen molar-refractivity contribution in [3.8, 4) is 11.3 Å². The maximum absolute atomic E-state index is 12.4. The van der Waals surface area contributed by atoms with Crippen LogP contribution in [0.3, 0.4) is 0 Å². The largest absolute Gasteiger partial charge is 0.316 e. The molecule has 7 nitrogen and oxygen atoms in total. The highest BCUT2D eigenvalue weighted by Gasteiger charge is 2.14. The molecule has 0 fully saturated rings. The zero-order valence-corrected chi connectivity index (χ0v) is 14.9. The fourth-order valence-corrected chi connectivity index (χ4v) is 3.53. The molecular weight excluding hydrogens is 368 g/mol. The topological polar surface area (TPSA) is 92.7 Å². The van der Waals surface area contributed by atoms with Crippen LogP contribution in [-0.4, -0.2) is 25.8 Å². The van der Waals surface area contributed by atoms with Gasteiger partial charge in [-0.1, -0.05) is 6.07 Å². The molecule has 4 rings (SSSR count). The first kappa shape index (κ1) is 16.3. The van der Waals surface area contributed by atoms with E-state index in [2.05, 4.69) is 30.6 Å². The molecule has 0 saturated carbocycles. The predicted molar refractivity (Wildman–Crippen MR) is 103 cm³/mol. The number of amides is 1. The van der Waals surface area contributed by atoms with Crippen LogP contribution < -0.4 is 10.6 Å². The molecule has 2 N–H and O–H groups in total. The van der Waals surface area contributed by atoms with E-state index in [1.807, 2.05) is 35.7 Å². The molecule has 0 aliphatic heterocycles. The Morgan fingerprint density at radius 1 is 0.962 bits per heavy atom. The standard InChI is InChI=1S/C17H12N6OS2/c24-15(13-10-26-16(21-13)22-14-5-1-2-7-19-14)23-17-20-12(9-25-17)11-4-3-6-18-8-11/h1-10H,(H,19,21,22)(H,20,23,24). The lowest BCUT2D eigenvalue weighted by molar-refractivity contribution is 0.102. The van der Waals surface area contributed by atoms with E-state index in [-0.39, 0.29) is 5.91 Å². The lowest BCUT2D eigenvalue weighted by Crippen LogP contribution is -2.12. The van der Waals surface area contributed by atoms with Crippen molar-refractivity contribution in [3.63, 3.8) is 0 Å². The summed E-state index contributed by atoms with van der Waals surface area (Å²) in [4.78, 5) is 29.3. The number of anilines is 3. The third kappa shape index (κ3) is 3.73. The Kier molecular flexibility index (Phi) is 4.63. The summed E-state index contributed by atoms with van der Waals surface area (Å²) in [7, 11) is 0. The molecule has 128 valence electrons. The second-order valence-corrected chi connectivity index (χ2v) is 6.83. The van der Waals surface area contributed by atoms with Gasteiger partial charge in [-0.3, -0.25) is 15.1 Å². The van der Waals surface area contributed by atoms with Crippen molar-refractivity contribution in [2.75, 3.05) is 10.6 Å². The molecule has 4 aromatic rings. The maximum Gasteiger partial charge on any atom is 0.276 e. The summed E-state index contributed by atoms with van der Waals surface area (Å²) >= 11 is 2.69. The normalized spacial score (nSPS) is 10.5. The van der Waals surface area contributed by atoms with Crippen molar-refractivity contribution in [1.82, 2.24) is 19.9 Å². The smallest absolute Gasteiger partial charge is 0.276 e. The van der Waals surface area contributed by atoms with Crippen LogP contribution in [0, 0.1) is 0 Å². The number of pyridine rings is 2. The van der Waals surface area contributed by atoms with E-state index in [1.54, 1.807) is 24.0 Å². The van der Waals surface area contributed by atoms with Crippen molar-refractivity contribution in [3.05, 3.63) is 65.4 Å². The average Bonchev–Trinajstić information content (AvgIpc) is 3.33. The number of carbonyl (C=O) groups is 1. The van der Waals surface area contributed by atoms with E-state index in [9.17, 15) is 4.79 Å². The molecule has 0 aliphatic carbocycles. The first-order valence-electron chi connectivity index (χ1n) is 7.59. The van der Waals surface area contributed by atoms with E-state index < -0.39 is 0 Å². The Morgan fingerprint density at radius 3 is 2.69 bits per heavy atom. The van der Waals surface area contributed by atoms with Crippen molar-refractivity contribution in [2.24, 2.45) is 0 Å². The molecule has 0 radical (unpaired) electrons. The number of hydrogen-bond donors (Lipinski definition) is 2. The van der Waals surface area contributed by atoms with E-state index >= 15 is 0 Å². The van der Waals surface area contributed by atoms with Gasteiger partial charge in [0.25, 0.3) is 5.91 Å². The zero-order valence-electron chi connectivity index (χ0n) is 13.3. The highest BCUT2D eigenvalue weighted by atomic mass is 32.1. The summed E-state index contributed by atoms with van der Waals surface area (Å²) in [6.45, 7) is 0. The summed E-state index contributed by atoms with van der Waals surface area (Å²) in [5, 5.41) is 10.5. The molecule has 26 heavy (non-hydrogen) atoms. The lowest BCUT2D eigenvalue weighted by atomic mass is 10.2. The second kappa shape index (κ2) is 7.38. The Morgan fingerprint density at radius 2 is 1.88 bits per heavy atom. The van der Waals surface area contributed by atoms with E-state index in [4.69, 9.17) is 0 Å². The lowest BCUT2D eigenvalue weighted by Gasteiger charge is -2.00. The van der Waals surface area contributed by atoms with Gasteiger partial charge < -0.3 is 5.32 Å². The fraction of sp³-hybridized carbons (Fsp3) is 0. The third-order valence-electron chi connectivity index (χ3n) is 3.32. The Labute approximate surface area is 156 Å². The molecule has 4 heterocycles. The van der Waals surface area contributed by atoms with Crippen LogP contribution in [0.25, 0.3) is 11.3 Å². The molecule has 4 aromatic heterocycles. The molecule has 0 spiro atoms. The molecule has 1 amide bonds. The van der Waals surface area contributed by atoms with Crippen LogP contribution in [0.4, 0.5) is 16.1 Å². The minimum Gasteiger partial charge on any atom is -0.316 e. The van der Waals surface area contributed by atoms with Gasteiger partial charge in [-0.05, 0) is 24.3 Å². The first-order chi connectivity index (χ1) is 12.8. The van der Waals surface area contributed by atoms with Crippen molar-refractivity contribution in [1.29, 1.82) is 0 Å². The van der Waals surface area contributed by atoms with Gasteiger partial charge in [0, 0.05) is 34.9 Å². The van der Waals surface area contributed by atoms with Gasteiger partial charge in [-0.25, -0.2) is 15.0 Å². The summed E-state index contributed by atoms with van der Waals surface area (Å²) in [6.07, 6.45) is 5.12. The third-order valence-corrected chi connectivity index (χ3v) is 4.83. The van der Waals surface area contributed by atoms with Gasteiger partial charge in [0.1, 0.15) is 11.5 Å². The minimum atomic E-state index is -0.303. The van der Waals surface area contributed by atoms with E-state index in [0.29, 0.717) is 21.8 Å². The fourth-order valence-electron chi connectivity index (χ4n) is 2.12. The number of hydrogen-bond acceptors (Lipinski definition) is 8. The summed E-state index contributed by atoms with van der Waals surface area (Å²) in [5.74, 6) is 0.372. The van der Waals surface area contributed by atoms with Crippen molar-refractivity contribution < 1.29 is 4.79 Å². The molecule has 0 aliphatic rings. The van der Waals surface area contributed by atoms with Gasteiger partial charge in [-0.2, -0.15) is 0 Å². The van der Waals surface area contributed by atoms with Crippen molar-refractivity contribution in [2.45, 2.75) is 0 Å². The van der Waals surface area contributed by atoms with Crippen LogP contribution in [0.5, 0.6) is 0 Å². The monoisotopic (exact) mass is 380 g/mol. The number of nitrogens with one attached hydrogen (secondary N) is 2. The van der Waals surface area contributed by atoms with Gasteiger partial charge in [0.2, 0.25) is 0 Å². The van der Waals surface area contributed by atoms with Gasteiger partial charge >= 0.3 is 0 Å². The zero-order chi connectivity index (χ0) is 17.8. The quantitative estimate of drug-likeness (QED) is 0.542. The Bertz CT molecular complexity index is 1020. The molecule has 0 aromatic carbocycles. The van der Waals surface area contributed by atoms with Gasteiger partial charge in [-0.15, -0.1) is 22.7 Å². The van der Waals surface area contributed by atoms with Crippen molar-refractivity contribution >= 4 is 44.7 Å². The molecule has 0 unspecified atom stereocenters. The number of rotatable bonds is 5. The van der Waals surface area contributed by atoms with Crippen LogP contribution in [0.1, 0.15) is 10.5 Å². The Hall–Kier alpha value is -3.17. The first-order valence-corrected chi connectivity index (χ1v) is 9.35. The van der Waals surface area contributed by atoms with E-state index in [0.717, 1.165) is 11.3 Å². The number of carbonyl (C=O) groups excluding carboxylic acids is 1. The number of nitrogens with zero attached hydrogens (tertiary/aromatic N) is 4. The molecule has 0 atom stereocenters. The molecule has 0 bridgehead atoms. The summed E-state index contributed by atoms with van der Waals surface area (Å²) in [6, 6.07) is 9.30. The molecule has 0 saturated heterocycles. The predicted octanol–water partition coefficient (Wildman–Crippen LogP) is 4.05. The summed E-state index contributed by atoms with van der Waals surface area (Å²) < 4.78 is 0. The highest BCUT2D eigenvalue weighted by Crippen LogP contribution is 2.25. The molecule has 9 heteroatoms. The van der Waals surface area contributed by atoms with Crippen LogP contribution in [0.2, 0.25) is 0 Å². The van der Waals surface area contributed by atoms with Gasteiger partial charge in [0.05, 0.1) is 5.69 Å². The second-order valence-electron chi connectivity index (χ2n) is 5.11. The maximum atomic E-state index is 12.4.